The van der Waals surface area contributed by atoms with Gasteiger partial charge in [-0.3, -0.25) is 19.7 Å². The van der Waals surface area contributed by atoms with Crippen LogP contribution in [0.3, 0.4) is 0 Å². The minimum atomic E-state index is -1.44. The first-order valence-corrected chi connectivity index (χ1v) is 17.5. The number of hydrogen-bond acceptors (Lipinski definition) is 6. The fourth-order valence-corrected chi connectivity index (χ4v) is 5.36. The first-order chi connectivity index (χ1) is 17.1. The van der Waals surface area contributed by atoms with Crippen molar-refractivity contribution in [1.82, 2.24) is 5.32 Å². The monoisotopic (exact) mass is 541 g/mol. The van der Waals surface area contributed by atoms with E-state index in [0.29, 0.717) is 19.5 Å². The molecule has 204 valence electrons. The van der Waals surface area contributed by atoms with Crippen LogP contribution in [0.25, 0.3) is 0 Å². The number of carbonyl (C=O) groups excluding carboxylic acids is 2. The van der Waals surface area contributed by atoms with Crippen molar-refractivity contribution in [2.75, 3.05) is 13.1 Å². The summed E-state index contributed by atoms with van der Waals surface area (Å²) < 4.78 is 5.25. The Morgan fingerprint density at radius 1 is 0.972 bits per heavy atom. The molecule has 0 atom stereocenters. The van der Waals surface area contributed by atoms with E-state index in [9.17, 15) is 19.7 Å². The van der Waals surface area contributed by atoms with Gasteiger partial charge >= 0.3 is 11.7 Å². The molecule has 10 heteroatoms. The molecule has 0 bridgehead atoms. The van der Waals surface area contributed by atoms with Crippen LogP contribution in [-0.2, 0) is 4.79 Å². The zero-order valence-electron chi connectivity index (χ0n) is 22.0. The summed E-state index contributed by atoms with van der Waals surface area (Å²) in [5.74, 6) is -1.02. The number of ether oxygens (including phenoxy) is 1. The van der Waals surface area contributed by atoms with Gasteiger partial charge in [-0.1, -0.05) is 70.9 Å². The highest BCUT2D eigenvalue weighted by Gasteiger charge is 2.21. The van der Waals surface area contributed by atoms with Gasteiger partial charge in [-0.05, 0) is 44.0 Å². The molecule has 1 amide bonds. The molecule has 0 saturated heterocycles. The summed E-state index contributed by atoms with van der Waals surface area (Å²) in [4.78, 5) is 35.4. The summed E-state index contributed by atoms with van der Waals surface area (Å²) >= 11 is 6.33. The third-order valence-electron chi connectivity index (χ3n) is 5.96. The number of nitro groups is 1. The summed E-state index contributed by atoms with van der Waals surface area (Å²) in [7, 11) is -1.44. The van der Waals surface area contributed by atoms with Crippen molar-refractivity contribution in [2.24, 2.45) is 5.73 Å². The van der Waals surface area contributed by atoms with Crippen LogP contribution in [-0.4, -0.2) is 37.3 Å². The average molecular weight is 542 g/mol. The van der Waals surface area contributed by atoms with Crippen LogP contribution in [0.15, 0.2) is 18.2 Å². The smallest absolute Gasteiger partial charge is 0.312 e. The van der Waals surface area contributed by atoms with Gasteiger partial charge in [0.05, 0.1) is 4.92 Å². The van der Waals surface area contributed by atoms with Crippen molar-refractivity contribution in [3.63, 3.8) is 0 Å². The Kier molecular flexibility index (Phi) is 16.3. The summed E-state index contributed by atoms with van der Waals surface area (Å²) in [5, 5.41) is 14.2. The molecule has 0 unspecified atom stereocenters. The SMILES string of the molecule is C[Si](C)(Cl)CCCCCCCCCCC(=O)Oc1ccc(C(=O)NCCCCCCN)cc1[N+](=O)[O-]. The van der Waals surface area contributed by atoms with Gasteiger partial charge in [0.1, 0.15) is 7.38 Å². The third kappa shape index (κ3) is 15.2. The number of carbonyl (C=O) groups is 2. The lowest BCUT2D eigenvalue weighted by molar-refractivity contribution is -0.385. The second-order valence-corrected chi connectivity index (χ2v) is 16.9. The number of hydrogen-bond donors (Lipinski definition) is 2. The molecule has 0 aliphatic heterocycles. The lowest BCUT2D eigenvalue weighted by Crippen LogP contribution is -2.24. The van der Waals surface area contributed by atoms with Gasteiger partial charge in [0.15, 0.2) is 0 Å². The molecule has 36 heavy (non-hydrogen) atoms. The highest BCUT2D eigenvalue weighted by atomic mass is 35.6. The molecule has 8 nitrogen and oxygen atoms in total. The first kappa shape index (κ1) is 32.1. The number of rotatable bonds is 20. The lowest BCUT2D eigenvalue weighted by atomic mass is 10.1. The number of nitrogens with two attached hydrogens (primary N) is 1. The molecule has 0 spiro atoms. The Hall–Kier alpha value is -1.97. The van der Waals surface area contributed by atoms with Crippen molar-refractivity contribution in [2.45, 2.75) is 103 Å². The van der Waals surface area contributed by atoms with E-state index < -0.39 is 18.3 Å². The molecule has 0 radical (unpaired) electrons. The largest absolute Gasteiger partial charge is 0.419 e. The third-order valence-corrected chi connectivity index (χ3v) is 8.07. The number of nitrogens with one attached hydrogen (secondary N) is 1. The predicted molar refractivity (Wildman–Crippen MR) is 148 cm³/mol. The highest BCUT2D eigenvalue weighted by molar-refractivity contribution is 7.19. The zero-order valence-corrected chi connectivity index (χ0v) is 23.7. The summed E-state index contributed by atoms with van der Waals surface area (Å²) in [5.41, 5.74) is 5.23. The zero-order chi connectivity index (χ0) is 26.8. The van der Waals surface area contributed by atoms with E-state index in [1.54, 1.807) is 0 Å². The number of halogens is 1. The summed E-state index contributed by atoms with van der Waals surface area (Å²) in [6, 6.07) is 5.08. The van der Waals surface area contributed by atoms with Gasteiger partial charge < -0.3 is 15.8 Å². The Balaban J connectivity index is 2.34. The molecule has 0 aliphatic carbocycles. The fraction of sp³-hybridized carbons (Fsp3) is 0.692. The van der Waals surface area contributed by atoms with Gasteiger partial charge in [0, 0.05) is 24.6 Å². The molecule has 0 aliphatic rings. The fourth-order valence-electron chi connectivity index (χ4n) is 3.86. The van der Waals surface area contributed by atoms with E-state index >= 15 is 0 Å². The van der Waals surface area contributed by atoms with Crippen LogP contribution < -0.4 is 15.8 Å². The van der Waals surface area contributed by atoms with Crippen LogP contribution in [0, 0.1) is 10.1 Å². The van der Waals surface area contributed by atoms with Gasteiger partial charge in [-0.25, -0.2) is 0 Å². The highest BCUT2D eigenvalue weighted by Crippen LogP contribution is 2.28. The van der Waals surface area contributed by atoms with Gasteiger partial charge in [0.25, 0.3) is 5.91 Å². The summed E-state index contributed by atoms with van der Waals surface area (Å²) in [6.45, 7) is 5.51. The van der Waals surface area contributed by atoms with E-state index in [1.807, 2.05) is 0 Å². The van der Waals surface area contributed by atoms with Crippen molar-refractivity contribution in [1.29, 1.82) is 0 Å². The first-order valence-electron chi connectivity index (χ1n) is 13.3. The normalized spacial score (nSPS) is 11.3. The Morgan fingerprint density at radius 2 is 1.56 bits per heavy atom. The van der Waals surface area contributed by atoms with E-state index in [4.69, 9.17) is 21.5 Å². The van der Waals surface area contributed by atoms with Crippen LogP contribution in [0.1, 0.15) is 93.8 Å². The van der Waals surface area contributed by atoms with E-state index in [1.165, 1.54) is 43.9 Å². The Labute approximate surface area is 221 Å². The van der Waals surface area contributed by atoms with Crippen molar-refractivity contribution in [3.05, 3.63) is 33.9 Å². The molecular formula is C26H44ClN3O5Si. The van der Waals surface area contributed by atoms with Gasteiger partial charge in [0.2, 0.25) is 5.75 Å². The number of unbranched alkanes of at least 4 members (excludes halogenated alkanes) is 10. The molecule has 0 fully saturated rings. The van der Waals surface area contributed by atoms with E-state index in [0.717, 1.165) is 51.0 Å². The molecular weight excluding hydrogens is 498 g/mol. The molecule has 1 aromatic rings. The maximum Gasteiger partial charge on any atom is 0.312 e. The number of amides is 1. The Morgan fingerprint density at radius 3 is 2.17 bits per heavy atom. The minimum Gasteiger partial charge on any atom is -0.419 e. The van der Waals surface area contributed by atoms with Gasteiger partial charge in [-0.2, -0.15) is 11.1 Å². The van der Waals surface area contributed by atoms with Crippen LogP contribution in [0.4, 0.5) is 5.69 Å². The molecule has 0 aromatic heterocycles. The predicted octanol–water partition coefficient (Wildman–Crippen LogP) is 6.70. The standard InChI is InChI=1S/C26H44ClN3O5Si/c1-36(2,27)20-14-10-6-4-3-5-7-11-15-25(31)35-24-17-16-22(21-23(24)30(33)34)26(32)29-19-13-9-8-12-18-28/h16-17,21H,3-15,18-20,28H2,1-2H3,(H,29,32). The number of esters is 1. The molecule has 1 rings (SSSR count). The van der Waals surface area contributed by atoms with Gasteiger partial charge in [-0.15, -0.1) is 0 Å². The summed E-state index contributed by atoms with van der Waals surface area (Å²) in [6.07, 6.45) is 12.6. The second-order valence-electron chi connectivity index (χ2n) is 9.92. The molecule has 3 N–H and O–H groups in total. The van der Waals surface area contributed by atoms with Crippen LogP contribution in [0.5, 0.6) is 5.75 Å². The van der Waals surface area contributed by atoms with Crippen molar-refractivity contribution >= 4 is 36.0 Å². The molecule has 0 saturated carbocycles. The molecule has 1 aromatic carbocycles. The maximum absolute atomic E-state index is 12.3. The van der Waals surface area contributed by atoms with Crippen LogP contribution >= 0.6 is 11.1 Å². The number of benzene rings is 1. The van der Waals surface area contributed by atoms with E-state index in [2.05, 4.69) is 18.4 Å². The minimum absolute atomic E-state index is 0.133. The topological polar surface area (TPSA) is 125 Å². The second kappa shape index (κ2) is 18.3. The lowest BCUT2D eigenvalue weighted by Gasteiger charge is -2.11. The maximum atomic E-state index is 12.3. The van der Waals surface area contributed by atoms with Crippen molar-refractivity contribution < 1.29 is 19.2 Å². The Bertz CT molecular complexity index is 817. The molecule has 0 heterocycles. The number of nitrogens with zero attached hydrogens (tertiary/aromatic N) is 1. The number of nitro benzene ring substituents is 1. The van der Waals surface area contributed by atoms with Crippen LogP contribution in [0.2, 0.25) is 19.1 Å². The quantitative estimate of drug-likeness (QED) is 0.0359. The average Bonchev–Trinajstić information content (AvgIpc) is 2.81. The van der Waals surface area contributed by atoms with E-state index in [-0.39, 0.29) is 29.3 Å². The van der Waals surface area contributed by atoms with Crippen molar-refractivity contribution in [3.8, 4) is 5.75 Å².